The summed E-state index contributed by atoms with van der Waals surface area (Å²) in [5, 5.41) is 5.42. The quantitative estimate of drug-likeness (QED) is 0.436. The topological polar surface area (TPSA) is 70.4 Å². The van der Waals surface area contributed by atoms with Gasteiger partial charge in [-0.3, -0.25) is 9.67 Å². The first-order valence-electron chi connectivity index (χ1n) is 12.2. The molecule has 0 aliphatic carbocycles. The number of urea groups is 1. The Kier molecular flexibility index (Phi) is 6.35. The van der Waals surface area contributed by atoms with E-state index in [1.165, 1.54) is 0 Å². The van der Waals surface area contributed by atoms with Crippen molar-refractivity contribution in [3.8, 4) is 22.3 Å². The number of hydrogen-bond acceptors (Lipinski definition) is 5. The number of carbonyl (C=O) groups is 1. The number of rotatable bonds is 5. The molecule has 0 unspecified atom stereocenters. The normalized spacial score (nSPS) is 13.9. The van der Waals surface area contributed by atoms with E-state index in [1.54, 1.807) is 0 Å². The molecule has 0 atom stereocenters. The number of nitrogens with zero attached hydrogens (tertiary/aromatic N) is 7. The summed E-state index contributed by atoms with van der Waals surface area (Å²) in [7, 11) is 1.92. The van der Waals surface area contributed by atoms with Crippen LogP contribution in [-0.2, 0) is 7.05 Å². The highest BCUT2D eigenvalue weighted by Crippen LogP contribution is 2.33. The Hall–Kier alpha value is -3.94. The average molecular weight is 470 g/mol. The molecule has 2 amide bonds. The number of aryl methyl sites for hydroxylation is 1. The fourth-order valence-electron chi connectivity index (χ4n) is 4.71. The monoisotopic (exact) mass is 469 g/mol. The highest BCUT2D eigenvalue weighted by Gasteiger charge is 2.24. The third-order valence-corrected chi connectivity index (χ3v) is 6.73. The molecule has 0 saturated carbocycles. The zero-order chi connectivity index (χ0) is 24.4. The number of fused-ring (bicyclic) bond motifs is 1. The van der Waals surface area contributed by atoms with Crippen LogP contribution in [0.2, 0.25) is 0 Å². The summed E-state index contributed by atoms with van der Waals surface area (Å²) < 4.78 is 1.81. The highest BCUT2D eigenvalue weighted by molar-refractivity contribution is 5.98. The minimum absolute atomic E-state index is 0.131. The molecule has 0 spiro atoms. The lowest BCUT2D eigenvalue weighted by molar-refractivity contribution is 0.154. The van der Waals surface area contributed by atoms with Crippen LogP contribution in [-0.4, -0.2) is 74.8 Å². The molecule has 0 bridgehead atoms. The molecular weight excluding hydrogens is 438 g/mol. The predicted octanol–water partition coefficient (Wildman–Crippen LogP) is 4.28. The van der Waals surface area contributed by atoms with Gasteiger partial charge >= 0.3 is 6.03 Å². The molecule has 180 valence electrons. The maximum absolute atomic E-state index is 12.7. The van der Waals surface area contributed by atoms with E-state index in [4.69, 9.17) is 4.98 Å². The van der Waals surface area contributed by atoms with E-state index < -0.39 is 0 Å². The Bertz CT molecular complexity index is 1320. The van der Waals surface area contributed by atoms with Crippen LogP contribution in [0.15, 0.2) is 61.2 Å². The number of amides is 2. The largest absolute Gasteiger partial charge is 0.353 e. The minimum atomic E-state index is 0.131. The Morgan fingerprint density at radius 1 is 0.943 bits per heavy atom. The summed E-state index contributed by atoms with van der Waals surface area (Å²) in [6.07, 6.45) is 7.66. The molecule has 0 radical (unpaired) electrons. The molecule has 0 N–H and O–H groups in total. The van der Waals surface area contributed by atoms with Crippen molar-refractivity contribution >= 4 is 22.8 Å². The summed E-state index contributed by atoms with van der Waals surface area (Å²) in [6, 6.07) is 12.7. The van der Waals surface area contributed by atoms with Gasteiger partial charge in [0, 0.05) is 81.4 Å². The number of aromatic nitrogens is 4. The van der Waals surface area contributed by atoms with Gasteiger partial charge in [-0.05, 0) is 55.3 Å². The molecule has 8 heteroatoms. The molecule has 1 aromatic carbocycles. The van der Waals surface area contributed by atoms with Gasteiger partial charge in [0.2, 0.25) is 0 Å². The highest BCUT2D eigenvalue weighted by atomic mass is 16.2. The fraction of sp³-hybridized carbons (Fsp3) is 0.333. The second-order valence-electron chi connectivity index (χ2n) is 8.83. The van der Waals surface area contributed by atoms with E-state index in [1.807, 2.05) is 66.2 Å². The van der Waals surface area contributed by atoms with Crippen LogP contribution in [0, 0.1) is 0 Å². The van der Waals surface area contributed by atoms with E-state index in [2.05, 4.69) is 45.3 Å². The van der Waals surface area contributed by atoms with Crippen molar-refractivity contribution in [2.75, 3.05) is 44.2 Å². The SMILES string of the molecule is CCN(CC)C(=O)N1CCN(c2ccc(-c3cc(-c4cnn(C)c4)cc4ncccc34)cn2)CC1. The van der Waals surface area contributed by atoms with Crippen LogP contribution < -0.4 is 4.90 Å². The maximum atomic E-state index is 12.7. The van der Waals surface area contributed by atoms with Crippen molar-refractivity contribution in [1.82, 2.24) is 29.5 Å². The lowest BCUT2D eigenvalue weighted by Crippen LogP contribution is -2.53. The van der Waals surface area contributed by atoms with Crippen molar-refractivity contribution in [3.05, 3.63) is 61.2 Å². The lowest BCUT2D eigenvalue weighted by Gasteiger charge is -2.37. The van der Waals surface area contributed by atoms with Gasteiger partial charge in [0.25, 0.3) is 0 Å². The van der Waals surface area contributed by atoms with Crippen LogP contribution in [0.25, 0.3) is 33.2 Å². The lowest BCUT2D eigenvalue weighted by atomic mass is 9.97. The van der Waals surface area contributed by atoms with Crippen LogP contribution >= 0.6 is 0 Å². The van der Waals surface area contributed by atoms with E-state index in [-0.39, 0.29) is 6.03 Å². The minimum Gasteiger partial charge on any atom is -0.353 e. The molecule has 1 aliphatic heterocycles. The van der Waals surface area contributed by atoms with Gasteiger partial charge < -0.3 is 14.7 Å². The summed E-state index contributed by atoms with van der Waals surface area (Å²) in [5.74, 6) is 0.939. The molecule has 4 aromatic rings. The molecular formula is C27H31N7O. The standard InChI is InChI=1S/C27H31N7O/c1-4-32(5-2)27(35)34-13-11-33(12-14-34)26-9-8-20(17-29-26)24-15-21(22-18-30-31(3)19-22)16-25-23(24)7-6-10-28-25/h6-10,15-19H,4-5,11-14H2,1-3H3. The first kappa shape index (κ1) is 22.8. The molecule has 8 nitrogen and oxygen atoms in total. The van der Waals surface area contributed by atoms with E-state index in [0.29, 0.717) is 13.1 Å². The number of piperazine rings is 1. The van der Waals surface area contributed by atoms with Gasteiger partial charge in [0.1, 0.15) is 5.82 Å². The zero-order valence-corrected chi connectivity index (χ0v) is 20.6. The second kappa shape index (κ2) is 9.74. The summed E-state index contributed by atoms with van der Waals surface area (Å²) in [6.45, 7) is 8.51. The second-order valence-corrected chi connectivity index (χ2v) is 8.83. The predicted molar refractivity (Wildman–Crippen MR) is 139 cm³/mol. The Morgan fingerprint density at radius 3 is 2.40 bits per heavy atom. The molecule has 1 fully saturated rings. The summed E-state index contributed by atoms with van der Waals surface area (Å²) >= 11 is 0. The van der Waals surface area contributed by atoms with Crippen LogP contribution in [0.1, 0.15) is 13.8 Å². The molecule has 5 rings (SSSR count). The molecule has 1 aliphatic rings. The molecule has 1 saturated heterocycles. The van der Waals surface area contributed by atoms with Gasteiger partial charge in [-0.25, -0.2) is 9.78 Å². The third kappa shape index (κ3) is 4.56. The Labute approximate surface area is 205 Å². The number of pyridine rings is 2. The molecule has 35 heavy (non-hydrogen) atoms. The van der Waals surface area contributed by atoms with Crippen molar-refractivity contribution in [3.63, 3.8) is 0 Å². The molecule has 3 aromatic heterocycles. The summed E-state index contributed by atoms with van der Waals surface area (Å²) in [4.78, 5) is 28.1. The van der Waals surface area contributed by atoms with E-state index in [0.717, 1.165) is 65.2 Å². The van der Waals surface area contributed by atoms with Gasteiger partial charge in [-0.2, -0.15) is 5.10 Å². The zero-order valence-electron chi connectivity index (χ0n) is 20.6. The van der Waals surface area contributed by atoms with Crippen molar-refractivity contribution in [1.29, 1.82) is 0 Å². The summed E-state index contributed by atoms with van der Waals surface area (Å²) in [5.41, 5.74) is 5.23. The van der Waals surface area contributed by atoms with Gasteiger partial charge in [0.05, 0.1) is 11.7 Å². The number of anilines is 1. The Morgan fingerprint density at radius 2 is 1.74 bits per heavy atom. The van der Waals surface area contributed by atoms with Gasteiger partial charge in [-0.1, -0.05) is 6.07 Å². The maximum Gasteiger partial charge on any atom is 0.320 e. The first-order chi connectivity index (χ1) is 17.1. The number of hydrogen-bond donors (Lipinski definition) is 0. The first-order valence-corrected chi connectivity index (χ1v) is 12.2. The van der Waals surface area contributed by atoms with E-state index in [9.17, 15) is 4.79 Å². The van der Waals surface area contributed by atoms with Crippen molar-refractivity contribution < 1.29 is 4.79 Å². The third-order valence-electron chi connectivity index (χ3n) is 6.73. The molecule has 4 heterocycles. The van der Waals surface area contributed by atoms with Crippen molar-refractivity contribution in [2.24, 2.45) is 7.05 Å². The number of benzene rings is 1. The average Bonchev–Trinajstić information content (AvgIpc) is 3.35. The van der Waals surface area contributed by atoms with Crippen LogP contribution in [0.4, 0.5) is 10.6 Å². The number of carbonyl (C=O) groups excluding carboxylic acids is 1. The smallest absolute Gasteiger partial charge is 0.320 e. The Balaban J connectivity index is 1.38. The van der Waals surface area contributed by atoms with Crippen molar-refractivity contribution in [2.45, 2.75) is 13.8 Å². The van der Waals surface area contributed by atoms with Crippen LogP contribution in [0.3, 0.4) is 0 Å². The van der Waals surface area contributed by atoms with Gasteiger partial charge in [-0.15, -0.1) is 0 Å². The van der Waals surface area contributed by atoms with Crippen LogP contribution in [0.5, 0.6) is 0 Å². The van der Waals surface area contributed by atoms with E-state index >= 15 is 0 Å². The fourth-order valence-corrected chi connectivity index (χ4v) is 4.71. The van der Waals surface area contributed by atoms with Gasteiger partial charge in [0.15, 0.2) is 0 Å².